The lowest BCUT2D eigenvalue weighted by Gasteiger charge is -2.07. The molecule has 2 N–H and O–H groups in total. The van der Waals surface area contributed by atoms with Gasteiger partial charge in [0.1, 0.15) is 10.6 Å². The molecule has 0 aliphatic carbocycles. The van der Waals surface area contributed by atoms with Gasteiger partial charge in [-0.25, -0.2) is 5.48 Å². The number of hydroxylamine groups is 1. The van der Waals surface area contributed by atoms with Crippen molar-refractivity contribution in [1.29, 1.82) is 0 Å². The highest BCUT2D eigenvalue weighted by molar-refractivity contribution is 9.46. The first-order valence-corrected chi connectivity index (χ1v) is 17.0. The van der Waals surface area contributed by atoms with Crippen LogP contribution >= 0.6 is 70.7 Å². The molecule has 0 atom stereocenters. The van der Waals surface area contributed by atoms with Gasteiger partial charge in [0, 0.05) is 15.7 Å². The van der Waals surface area contributed by atoms with Crippen LogP contribution in [0, 0.1) is 0 Å². The fraction of sp³-hybridized carbons (Fsp3) is 0. The van der Waals surface area contributed by atoms with Crippen molar-refractivity contribution >= 4 is 86.1 Å². The van der Waals surface area contributed by atoms with Crippen LogP contribution in [0.1, 0.15) is 0 Å². The first kappa shape index (κ1) is 23.3. The summed E-state index contributed by atoms with van der Waals surface area (Å²) in [6.45, 7) is 0. The van der Waals surface area contributed by atoms with Gasteiger partial charge in [-0.05, 0) is 96.3 Å². The molecule has 0 heterocycles. The minimum absolute atomic E-state index is 0.109. The van der Waals surface area contributed by atoms with Crippen molar-refractivity contribution in [2.24, 2.45) is 0 Å². The van der Waals surface area contributed by atoms with E-state index in [1.54, 1.807) is 42.5 Å². The fourth-order valence-corrected chi connectivity index (χ4v) is 15.4. The lowest BCUT2D eigenvalue weighted by molar-refractivity contribution is 0.181. The summed E-state index contributed by atoms with van der Waals surface area (Å²) in [6.07, 6.45) is 0. The lowest BCUT2D eigenvalue weighted by atomic mass is 10.3. The lowest BCUT2D eigenvalue weighted by Crippen LogP contribution is -2.10. The zero-order valence-corrected chi connectivity index (χ0v) is 19.6. The number of rotatable bonds is 10. The quantitative estimate of drug-likeness (QED) is 0.118. The highest BCUT2D eigenvalue weighted by Crippen LogP contribution is 2.56. The molecule has 1 amide bonds. The van der Waals surface area contributed by atoms with Crippen LogP contribution in [0.2, 0.25) is 0 Å². The molecule has 0 aromatic heterocycles. The van der Waals surface area contributed by atoms with E-state index in [-0.39, 0.29) is 10.6 Å². The van der Waals surface area contributed by atoms with E-state index in [4.69, 9.17) is 9.39 Å². The summed E-state index contributed by atoms with van der Waals surface area (Å²) in [4.78, 5) is 11.8. The second-order valence-electron chi connectivity index (χ2n) is 4.23. The van der Waals surface area contributed by atoms with E-state index in [2.05, 4.69) is 0 Å². The van der Waals surface area contributed by atoms with Crippen LogP contribution in [0.25, 0.3) is 0 Å². The topological polar surface area (TPSA) is 92.7 Å². The van der Waals surface area contributed by atoms with Gasteiger partial charge in [0.25, 0.3) is 0 Å². The Morgan fingerprint density at radius 1 is 0.889 bits per heavy atom. The maximum Gasteiger partial charge on any atom is 0.339 e. The molecule has 146 valence electrons. The minimum Gasteiger partial charge on any atom is -0.379 e. The highest BCUT2D eigenvalue weighted by atomic mass is 33.9. The third kappa shape index (κ3) is 8.95. The predicted molar refractivity (Wildman–Crippen MR) is 122 cm³/mol. The molecule has 2 rings (SSSR count). The maximum absolute atomic E-state index is 12.2. The number of hydrogen-bond donors (Lipinski definition) is 2. The van der Waals surface area contributed by atoms with Gasteiger partial charge in [-0.15, -0.1) is 0 Å². The molecule has 27 heavy (non-hydrogen) atoms. The van der Waals surface area contributed by atoms with Gasteiger partial charge in [0.2, 0.25) is 0 Å². The Morgan fingerprint density at radius 2 is 1.52 bits per heavy atom. The second kappa shape index (κ2) is 12.6. The maximum atomic E-state index is 12.2. The van der Waals surface area contributed by atoms with Crippen molar-refractivity contribution < 1.29 is 22.6 Å². The largest absolute Gasteiger partial charge is 0.379 e. The summed E-state index contributed by atoms with van der Waals surface area (Å²) in [5.41, 5.74) is 1.53. The van der Waals surface area contributed by atoms with Crippen LogP contribution in [0.5, 0.6) is 5.75 Å². The van der Waals surface area contributed by atoms with Gasteiger partial charge in [-0.2, -0.15) is 8.42 Å². The average molecular weight is 518 g/mol. The first-order valence-electron chi connectivity index (χ1n) is 6.73. The van der Waals surface area contributed by atoms with Crippen molar-refractivity contribution in [3.63, 3.8) is 0 Å². The molecule has 6 nitrogen and oxygen atoms in total. The van der Waals surface area contributed by atoms with E-state index < -0.39 is 15.4 Å². The van der Waals surface area contributed by atoms with E-state index >= 15 is 0 Å². The molecule has 0 saturated heterocycles. The molecule has 2 aromatic rings. The van der Waals surface area contributed by atoms with Gasteiger partial charge < -0.3 is 4.18 Å². The Kier molecular flexibility index (Phi) is 10.9. The SMILES string of the molecule is O=C(NO)SSSSSSSc1ccc(OS(=O)(=O)c2ccccc2)cc1. The number of nitrogens with one attached hydrogen (secondary N) is 1. The summed E-state index contributed by atoms with van der Waals surface area (Å²) >= 11 is 0. The molecule has 0 bridgehead atoms. The number of carbonyl (C=O) groups excluding carboxylic acids is 1. The van der Waals surface area contributed by atoms with Crippen molar-refractivity contribution in [1.82, 2.24) is 5.48 Å². The Balaban J connectivity index is 1.72. The second-order valence-corrected chi connectivity index (χ2v) is 16.8. The summed E-state index contributed by atoms with van der Waals surface area (Å²) in [7, 11) is 5.77. The number of amides is 1. The summed E-state index contributed by atoms with van der Waals surface area (Å²) in [6, 6.07) is 14.8. The highest BCUT2D eigenvalue weighted by Gasteiger charge is 2.15. The Morgan fingerprint density at radius 3 is 2.19 bits per heavy atom. The molecular weight excluding hydrogens is 507 g/mol. The fourth-order valence-electron chi connectivity index (χ4n) is 1.46. The van der Waals surface area contributed by atoms with E-state index in [1.807, 2.05) is 0 Å². The van der Waals surface area contributed by atoms with Crippen molar-refractivity contribution in [2.75, 3.05) is 0 Å². The van der Waals surface area contributed by atoms with Crippen molar-refractivity contribution in [3.8, 4) is 5.75 Å². The van der Waals surface area contributed by atoms with Crippen LogP contribution in [0.3, 0.4) is 0 Å². The zero-order valence-electron chi connectivity index (χ0n) is 13.0. The van der Waals surface area contributed by atoms with E-state index in [9.17, 15) is 13.2 Å². The number of hydrogen-bond acceptors (Lipinski definition) is 12. The Hall–Kier alpha value is 0.0700. The number of carbonyl (C=O) groups is 1. The monoisotopic (exact) mass is 517 g/mol. The van der Waals surface area contributed by atoms with Crippen LogP contribution in [-0.4, -0.2) is 18.9 Å². The smallest absolute Gasteiger partial charge is 0.339 e. The normalized spacial score (nSPS) is 11.1. The molecule has 14 heteroatoms. The van der Waals surface area contributed by atoms with Gasteiger partial charge in [-0.1, -0.05) is 18.2 Å². The van der Waals surface area contributed by atoms with Crippen molar-refractivity contribution in [3.05, 3.63) is 54.6 Å². The minimum atomic E-state index is -3.83. The summed E-state index contributed by atoms with van der Waals surface area (Å²) < 4.78 is 29.5. The van der Waals surface area contributed by atoms with Crippen LogP contribution in [0.15, 0.2) is 64.4 Å². The molecule has 2 aromatic carbocycles. The van der Waals surface area contributed by atoms with E-state index in [1.165, 1.54) is 77.5 Å². The molecule has 0 unspecified atom stereocenters. The molecule has 0 aliphatic heterocycles. The number of benzene rings is 2. The molecule has 0 radical (unpaired) electrons. The van der Waals surface area contributed by atoms with E-state index in [0.717, 1.165) is 15.7 Å². The van der Waals surface area contributed by atoms with Gasteiger partial charge in [-0.3, -0.25) is 10.0 Å². The van der Waals surface area contributed by atoms with Gasteiger partial charge in [0.05, 0.1) is 0 Å². The third-order valence-corrected chi connectivity index (χ3v) is 16.2. The molecule has 0 saturated carbocycles. The summed E-state index contributed by atoms with van der Waals surface area (Å²) in [5.74, 6) is 0.251. The first-order chi connectivity index (χ1) is 13.0. The Bertz CT molecular complexity index is 818. The molecule has 0 fully saturated rings. The summed E-state index contributed by atoms with van der Waals surface area (Å²) in [5, 5.41) is 7.82. The Labute approximate surface area is 183 Å². The standard InChI is InChI=1S/C13H11NO5S8/c15-13(14-16)21-23-25-26-24-22-20-11-8-6-10(7-9-11)19-27(17,18)12-4-2-1-3-5-12/h1-9,16H,(H,14,15). The van der Waals surface area contributed by atoms with Crippen LogP contribution in [0.4, 0.5) is 4.79 Å². The zero-order chi connectivity index (χ0) is 19.5. The van der Waals surface area contributed by atoms with Crippen LogP contribution < -0.4 is 9.66 Å². The molecule has 0 spiro atoms. The predicted octanol–water partition coefficient (Wildman–Crippen LogP) is 6.53. The molecule has 0 aliphatic rings. The molecular formula is C13H11NO5S8. The van der Waals surface area contributed by atoms with Gasteiger partial charge >= 0.3 is 15.4 Å². The van der Waals surface area contributed by atoms with Crippen LogP contribution in [-0.2, 0) is 10.1 Å². The van der Waals surface area contributed by atoms with Crippen molar-refractivity contribution in [2.45, 2.75) is 9.79 Å². The van der Waals surface area contributed by atoms with E-state index in [0.29, 0.717) is 0 Å². The third-order valence-electron chi connectivity index (χ3n) is 2.50. The average Bonchev–Trinajstić information content (AvgIpc) is 2.68. The van der Waals surface area contributed by atoms with Gasteiger partial charge in [0.15, 0.2) is 0 Å².